The van der Waals surface area contributed by atoms with Gasteiger partial charge in [-0.1, -0.05) is 59.0 Å². The third-order valence-corrected chi connectivity index (χ3v) is 4.66. The molecule has 1 aromatic carbocycles. The lowest BCUT2D eigenvalue weighted by Crippen LogP contribution is -3.00. The molecule has 0 heterocycles. The first-order valence-electron chi connectivity index (χ1n) is 7.99. The molecule has 0 aliphatic rings. The molecular formula is C20H42ClN. The van der Waals surface area contributed by atoms with Crippen LogP contribution in [-0.2, 0) is 0 Å². The quantitative estimate of drug-likeness (QED) is 0.701. The van der Waals surface area contributed by atoms with E-state index in [4.69, 9.17) is 0 Å². The lowest BCUT2D eigenvalue weighted by atomic mass is 9.99. The van der Waals surface area contributed by atoms with Crippen LogP contribution in [0.1, 0.15) is 74.3 Å². The zero-order valence-corrected chi connectivity index (χ0v) is 15.1. The van der Waals surface area contributed by atoms with E-state index < -0.39 is 0 Å². The number of rotatable bonds is 6. The minimum absolute atomic E-state index is 0. The smallest absolute Gasteiger partial charge is 0.0757 e. The van der Waals surface area contributed by atoms with Crippen molar-refractivity contribution in [2.24, 2.45) is 0 Å². The molecule has 134 valence electrons. The summed E-state index contributed by atoms with van der Waals surface area (Å²) in [6.07, 6.45) is 1.23. The summed E-state index contributed by atoms with van der Waals surface area (Å²) in [4.78, 5) is 0. The van der Waals surface area contributed by atoms with Crippen molar-refractivity contribution in [2.45, 2.75) is 68.7 Å². The zero-order chi connectivity index (χ0) is 14.7. The van der Waals surface area contributed by atoms with Crippen LogP contribution in [0.4, 0.5) is 0 Å². The Morgan fingerprint density at radius 3 is 1.36 bits per heavy atom. The monoisotopic (exact) mass is 331 g/mol. The third kappa shape index (κ3) is 10.2. The maximum Gasteiger partial charge on any atom is 0.0757 e. The van der Waals surface area contributed by atoms with Crippen molar-refractivity contribution in [3.05, 3.63) is 35.9 Å². The second-order valence-corrected chi connectivity index (χ2v) is 5.33. The Morgan fingerprint density at radius 2 is 1.14 bits per heavy atom. The van der Waals surface area contributed by atoms with Crippen LogP contribution in [0.25, 0.3) is 0 Å². The van der Waals surface area contributed by atoms with Crippen LogP contribution in [-0.4, -0.2) is 30.7 Å². The van der Waals surface area contributed by atoms with Crippen molar-refractivity contribution >= 4 is 0 Å². The van der Waals surface area contributed by atoms with Crippen molar-refractivity contribution in [2.75, 3.05) is 26.2 Å². The first kappa shape index (κ1) is 29.5. The number of nitrogens with zero attached hydrogens (tertiary/aromatic N) is 1. The highest BCUT2D eigenvalue weighted by atomic mass is 35.5. The molecule has 1 rings (SSSR count). The normalized spacial score (nSPS) is 10.8. The van der Waals surface area contributed by atoms with E-state index in [1.807, 2.05) is 0 Å². The van der Waals surface area contributed by atoms with E-state index >= 15 is 0 Å². The average molecular weight is 332 g/mol. The van der Waals surface area contributed by atoms with Crippen molar-refractivity contribution in [3.63, 3.8) is 0 Å². The van der Waals surface area contributed by atoms with Gasteiger partial charge in [-0.05, 0) is 45.6 Å². The van der Waals surface area contributed by atoms with Gasteiger partial charge in [-0.25, -0.2) is 0 Å². The Hall–Kier alpha value is -0.530. The Morgan fingerprint density at radius 1 is 0.773 bits per heavy atom. The van der Waals surface area contributed by atoms with E-state index in [2.05, 4.69) is 71.9 Å². The van der Waals surface area contributed by atoms with E-state index in [0.717, 1.165) is 0 Å². The SMILES string of the molecule is C.C.CCC(C)c1ccccc1.CC[N+](CC)(CC)CC.[Cl-]. The van der Waals surface area contributed by atoms with Crippen LogP contribution in [0.2, 0.25) is 0 Å². The van der Waals surface area contributed by atoms with Crippen LogP contribution >= 0.6 is 0 Å². The van der Waals surface area contributed by atoms with E-state index in [1.165, 1.54) is 42.6 Å². The van der Waals surface area contributed by atoms with Gasteiger partial charge in [-0.15, -0.1) is 0 Å². The van der Waals surface area contributed by atoms with Gasteiger partial charge in [-0.3, -0.25) is 0 Å². The van der Waals surface area contributed by atoms with E-state index in [0.29, 0.717) is 5.92 Å². The number of quaternary nitrogens is 1. The van der Waals surface area contributed by atoms with Gasteiger partial charge in [0.05, 0.1) is 26.2 Å². The predicted molar refractivity (Wildman–Crippen MR) is 101 cm³/mol. The molecule has 0 N–H and O–H groups in total. The van der Waals surface area contributed by atoms with Crippen molar-refractivity contribution in [1.29, 1.82) is 0 Å². The fraction of sp³-hybridized carbons (Fsp3) is 0.700. The molecule has 22 heavy (non-hydrogen) atoms. The van der Waals surface area contributed by atoms with Crippen LogP contribution in [0.3, 0.4) is 0 Å². The van der Waals surface area contributed by atoms with Gasteiger partial charge in [-0.2, -0.15) is 0 Å². The first-order chi connectivity index (χ1) is 9.09. The molecule has 0 bridgehead atoms. The lowest BCUT2D eigenvalue weighted by molar-refractivity contribution is -0.921. The highest BCUT2D eigenvalue weighted by molar-refractivity contribution is 5.18. The van der Waals surface area contributed by atoms with Crippen molar-refractivity contribution in [3.8, 4) is 0 Å². The second kappa shape index (κ2) is 16.8. The highest BCUT2D eigenvalue weighted by Crippen LogP contribution is 2.16. The summed E-state index contributed by atoms with van der Waals surface area (Å²) in [6.45, 7) is 18.7. The number of halogens is 1. The van der Waals surface area contributed by atoms with Gasteiger partial charge in [0.2, 0.25) is 0 Å². The van der Waals surface area contributed by atoms with Gasteiger partial charge in [0.15, 0.2) is 0 Å². The molecule has 1 nitrogen and oxygen atoms in total. The standard InChI is InChI=1S/C10H14.C8H20N.2CH4.ClH/c1-3-9(2)10-7-5-4-6-8-10;1-5-9(6-2,7-3)8-4;;;/h4-9H,3H2,1-2H3;5-8H2,1-4H3;2*1H4;1H/q;+1;;;/p-1. The Balaban J connectivity index is -0.000000130. The molecule has 0 aliphatic heterocycles. The third-order valence-electron chi connectivity index (χ3n) is 4.66. The van der Waals surface area contributed by atoms with Crippen LogP contribution in [0.15, 0.2) is 30.3 Å². The fourth-order valence-corrected chi connectivity index (χ4v) is 2.36. The van der Waals surface area contributed by atoms with E-state index in [1.54, 1.807) is 0 Å². The molecule has 0 spiro atoms. The van der Waals surface area contributed by atoms with Gasteiger partial charge in [0, 0.05) is 0 Å². The molecule has 1 unspecified atom stereocenters. The van der Waals surface area contributed by atoms with Crippen LogP contribution in [0.5, 0.6) is 0 Å². The summed E-state index contributed by atoms with van der Waals surface area (Å²) in [6, 6.07) is 10.6. The van der Waals surface area contributed by atoms with Crippen LogP contribution < -0.4 is 12.4 Å². The summed E-state index contributed by atoms with van der Waals surface area (Å²) in [5, 5.41) is 0. The molecule has 1 atom stereocenters. The van der Waals surface area contributed by atoms with E-state index in [-0.39, 0.29) is 27.3 Å². The lowest BCUT2D eigenvalue weighted by Gasteiger charge is -2.34. The van der Waals surface area contributed by atoms with Gasteiger partial charge >= 0.3 is 0 Å². The largest absolute Gasteiger partial charge is 1.00 e. The van der Waals surface area contributed by atoms with E-state index in [9.17, 15) is 0 Å². The first-order valence-corrected chi connectivity index (χ1v) is 7.99. The Kier molecular flexibility index (Phi) is 22.6. The molecule has 0 amide bonds. The molecule has 0 aromatic heterocycles. The van der Waals surface area contributed by atoms with Gasteiger partial charge in [0.1, 0.15) is 0 Å². The topological polar surface area (TPSA) is 0 Å². The number of hydrogen-bond acceptors (Lipinski definition) is 0. The molecule has 0 fully saturated rings. The molecule has 0 radical (unpaired) electrons. The summed E-state index contributed by atoms with van der Waals surface area (Å²) >= 11 is 0. The minimum Gasteiger partial charge on any atom is -1.00 e. The molecule has 2 heteroatoms. The summed E-state index contributed by atoms with van der Waals surface area (Å²) < 4.78 is 1.28. The summed E-state index contributed by atoms with van der Waals surface area (Å²) in [7, 11) is 0. The average Bonchev–Trinajstić information content (AvgIpc) is 2.51. The molecule has 1 aromatic rings. The summed E-state index contributed by atoms with van der Waals surface area (Å²) in [5.74, 6) is 0.709. The van der Waals surface area contributed by atoms with Gasteiger partial charge in [0.25, 0.3) is 0 Å². The maximum atomic E-state index is 2.27. The van der Waals surface area contributed by atoms with Gasteiger partial charge < -0.3 is 16.9 Å². The minimum atomic E-state index is 0. The fourth-order valence-electron chi connectivity index (χ4n) is 2.36. The molecule has 0 saturated heterocycles. The Labute approximate surface area is 148 Å². The predicted octanol–water partition coefficient (Wildman–Crippen LogP) is 3.36. The highest BCUT2D eigenvalue weighted by Gasteiger charge is 2.16. The maximum absolute atomic E-state index is 2.27. The summed E-state index contributed by atoms with van der Waals surface area (Å²) in [5.41, 5.74) is 1.45. The van der Waals surface area contributed by atoms with Crippen LogP contribution in [0, 0.1) is 0 Å². The van der Waals surface area contributed by atoms with Crippen molar-refractivity contribution < 1.29 is 16.9 Å². The second-order valence-electron chi connectivity index (χ2n) is 5.33. The zero-order valence-electron chi connectivity index (χ0n) is 14.3. The number of hydrogen-bond donors (Lipinski definition) is 0. The molecule has 0 saturated carbocycles. The number of benzene rings is 1. The molecular weight excluding hydrogens is 290 g/mol. The molecule has 0 aliphatic carbocycles. The van der Waals surface area contributed by atoms with Crippen molar-refractivity contribution in [1.82, 2.24) is 0 Å². The Bertz CT molecular complexity index is 289.